The maximum Gasteiger partial charge on any atom is 0.411 e. The van der Waals surface area contributed by atoms with Gasteiger partial charge >= 0.3 is 12.1 Å². The van der Waals surface area contributed by atoms with E-state index in [1.807, 2.05) is 36.4 Å². The second kappa shape index (κ2) is 9.03. The lowest BCUT2D eigenvalue weighted by Crippen LogP contribution is -2.55. The third-order valence-corrected chi connectivity index (χ3v) is 6.02. The van der Waals surface area contributed by atoms with E-state index < -0.39 is 24.6 Å². The Kier molecular flexibility index (Phi) is 5.77. The van der Waals surface area contributed by atoms with Gasteiger partial charge in [-0.05, 0) is 22.3 Å². The molecular weight excluding hydrogens is 440 g/mol. The number of nitrogens with zero attached hydrogens (tertiary/aromatic N) is 1. The Morgan fingerprint density at radius 1 is 1.00 bits per heavy atom. The lowest BCUT2D eigenvalue weighted by molar-refractivity contribution is -0.147. The minimum absolute atomic E-state index is 0.0230. The van der Waals surface area contributed by atoms with Crippen LogP contribution in [0.2, 0.25) is 0 Å². The maximum atomic E-state index is 12.7. The summed E-state index contributed by atoms with van der Waals surface area (Å²) in [5.41, 5.74) is 4.68. The maximum absolute atomic E-state index is 12.7. The molecule has 1 saturated heterocycles. The van der Waals surface area contributed by atoms with Crippen LogP contribution in [0, 0.1) is 0 Å². The molecular formula is C25H22N2O7. The highest BCUT2D eigenvalue weighted by Gasteiger charge is 2.35. The Morgan fingerprint density at radius 3 is 2.29 bits per heavy atom. The number of amides is 2. The summed E-state index contributed by atoms with van der Waals surface area (Å²) in [4.78, 5) is 37.3. The van der Waals surface area contributed by atoms with Crippen LogP contribution in [-0.4, -0.2) is 60.4 Å². The standard InChI is InChI=1S/C25H22N2O7/c28-22(29)14-33-15-11-27(12-15)24(30)23-21(9-10-32-23)26-25(31)34-13-20-18-7-3-1-5-16(18)17-6-2-4-8-19(17)20/h1-10,15,20H,11-14H2,(H,26,31)(H,28,29). The Morgan fingerprint density at radius 2 is 1.65 bits per heavy atom. The molecule has 0 spiro atoms. The van der Waals surface area contributed by atoms with Crippen molar-refractivity contribution in [3.8, 4) is 11.1 Å². The minimum Gasteiger partial charge on any atom is -0.480 e. The van der Waals surface area contributed by atoms with Gasteiger partial charge in [-0.25, -0.2) is 9.59 Å². The number of benzene rings is 2. The molecule has 0 unspecified atom stereocenters. The number of carbonyl (C=O) groups excluding carboxylic acids is 2. The third kappa shape index (κ3) is 4.13. The largest absolute Gasteiger partial charge is 0.480 e. The summed E-state index contributed by atoms with van der Waals surface area (Å²) in [6, 6.07) is 17.6. The molecule has 0 radical (unpaired) electrons. The Bertz CT molecular complexity index is 1200. The van der Waals surface area contributed by atoms with Crippen LogP contribution in [0.3, 0.4) is 0 Å². The van der Waals surface area contributed by atoms with Crippen molar-refractivity contribution in [2.24, 2.45) is 0 Å². The number of ether oxygens (including phenoxy) is 2. The van der Waals surface area contributed by atoms with Gasteiger partial charge in [-0.2, -0.15) is 0 Å². The van der Waals surface area contributed by atoms with E-state index in [0.717, 1.165) is 22.3 Å². The predicted molar refractivity (Wildman–Crippen MR) is 121 cm³/mol. The van der Waals surface area contributed by atoms with Crippen LogP contribution >= 0.6 is 0 Å². The molecule has 0 bridgehead atoms. The monoisotopic (exact) mass is 462 g/mol. The SMILES string of the molecule is O=C(O)COC1CN(C(=O)c2occc2NC(=O)OCC2c3ccccc3-c3ccccc32)C1. The van der Waals surface area contributed by atoms with Gasteiger partial charge in [0, 0.05) is 25.1 Å². The number of carboxylic acids is 1. The van der Waals surface area contributed by atoms with Gasteiger partial charge in [0.25, 0.3) is 5.91 Å². The van der Waals surface area contributed by atoms with Gasteiger partial charge in [-0.15, -0.1) is 0 Å². The lowest BCUT2D eigenvalue weighted by Gasteiger charge is -2.38. The Labute approximate surface area is 194 Å². The second-order valence-electron chi connectivity index (χ2n) is 8.15. The molecule has 1 fully saturated rings. The molecule has 2 heterocycles. The quantitative estimate of drug-likeness (QED) is 0.551. The van der Waals surface area contributed by atoms with Crippen LogP contribution in [0.1, 0.15) is 27.6 Å². The lowest BCUT2D eigenvalue weighted by atomic mass is 9.98. The van der Waals surface area contributed by atoms with E-state index in [4.69, 9.17) is 19.0 Å². The van der Waals surface area contributed by atoms with Crippen molar-refractivity contribution in [1.29, 1.82) is 0 Å². The summed E-state index contributed by atoms with van der Waals surface area (Å²) in [6.45, 7) is 0.228. The molecule has 9 nitrogen and oxygen atoms in total. The highest BCUT2D eigenvalue weighted by molar-refractivity contribution is 6.00. The summed E-state index contributed by atoms with van der Waals surface area (Å²) in [5.74, 6) is -1.59. The second-order valence-corrected chi connectivity index (χ2v) is 8.15. The summed E-state index contributed by atoms with van der Waals surface area (Å²) in [7, 11) is 0. The molecule has 174 valence electrons. The van der Waals surface area contributed by atoms with Gasteiger partial charge in [-0.1, -0.05) is 48.5 Å². The zero-order valence-corrected chi connectivity index (χ0v) is 18.1. The fourth-order valence-corrected chi connectivity index (χ4v) is 4.36. The zero-order valence-electron chi connectivity index (χ0n) is 18.1. The average Bonchev–Trinajstić information content (AvgIpc) is 3.39. The predicted octanol–water partition coefficient (Wildman–Crippen LogP) is 3.57. The molecule has 5 rings (SSSR count). The first-order valence-electron chi connectivity index (χ1n) is 10.8. The topological polar surface area (TPSA) is 118 Å². The fraction of sp³-hybridized carbons (Fsp3) is 0.240. The zero-order chi connectivity index (χ0) is 23.7. The van der Waals surface area contributed by atoms with Crippen molar-refractivity contribution < 1.29 is 33.4 Å². The van der Waals surface area contributed by atoms with Crippen LogP contribution in [0.15, 0.2) is 65.3 Å². The molecule has 0 atom stereocenters. The van der Waals surface area contributed by atoms with Crippen molar-refractivity contribution in [3.05, 3.63) is 77.7 Å². The summed E-state index contributed by atoms with van der Waals surface area (Å²) < 4.78 is 16.0. The van der Waals surface area contributed by atoms with E-state index in [0.29, 0.717) is 0 Å². The van der Waals surface area contributed by atoms with Gasteiger partial charge in [0.15, 0.2) is 0 Å². The molecule has 9 heteroatoms. The highest BCUT2D eigenvalue weighted by Crippen LogP contribution is 2.44. The van der Waals surface area contributed by atoms with Crippen LogP contribution in [0.4, 0.5) is 10.5 Å². The molecule has 34 heavy (non-hydrogen) atoms. The van der Waals surface area contributed by atoms with Crippen molar-refractivity contribution >= 4 is 23.7 Å². The fourth-order valence-electron chi connectivity index (χ4n) is 4.36. The van der Waals surface area contributed by atoms with Crippen molar-refractivity contribution in [3.63, 3.8) is 0 Å². The molecule has 2 amide bonds. The summed E-state index contributed by atoms with van der Waals surface area (Å²) >= 11 is 0. The van der Waals surface area contributed by atoms with Gasteiger partial charge in [0.1, 0.15) is 13.2 Å². The number of rotatable bonds is 7. The van der Waals surface area contributed by atoms with Crippen LogP contribution in [0.5, 0.6) is 0 Å². The number of anilines is 1. The van der Waals surface area contributed by atoms with Gasteiger partial charge in [0.2, 0.25) is 5.76 Å². The number of carbonyl (C=O) groups is 3. The summed E-state index contributed by atoms with van der Waals surface area (Å²) in [5, 5.41) is 11.3. The Hall–Kier alpha value is -4.11. The number of hydrogen-bond donors (Lipinski definition) is 2. The minimum atomic E-state index is -1.06. The van der Waals surface area contributed by atoms with E-state index in [2.05, 4.69) is 17.4 Å². The van der Waals surface area contributed by atoms with Crippen molar-refractivity contribution in [2.45, 2.75) is 12.0 Å². The van der Waals surface area contributed by atoms with Crippen LogP contribution < -0.4 is 5.32 Å². The number of hydrogen-bond acceptors (Lipinski definition) is 6. The summed E-state index contributed by atoms with van der Waals surface area (Å²) in [6.07, 6.45) is 0.280. The molecule has 2 N–H and O–H groups in total. The van der Waals surface area contributed by atoms with E-state index in [1.165, 1.54) is 17.2 Å². The highest BCUT2D eigenvalue weighted by atomic mass is 16.5. The first kappa shape index (κ1) is 21.7. The molecule has 2 aliphatic rings. The van der Waals surface area contributed by atoms with Crippen molar-refractivity contribution in [1.82, 2.24) is 4.90 Å². The van der Waals surface area contributed by atoms with E-state index in [9.17, 15) is 14.4 Å². The van der Waals surface area contributed by atoms with Gasteiger partial charge < -0.3 is 23.9 Å². The molecule has 2 aromatic carbocycles. The normalized spacial score (nSPS) is 14.8. The number of carboxylic acid groups (broad SMARTS) is 1. The van der Waals surface area contributed by atoms with Crippen molar-refractivity contribution in [2.75, 3.05) is 31.6 Å². The molecule has 0 saturated carbocycles. The smallest absolute Gasteiger partial charge is 0.411 e. The van der Waals surface area contributed by atoms with E-state index >= 15 is 0 Å². The molecule has 3 aromatic rings. The number of likely N-dealkylation sites (tertiary alicyclic amines) is 1. The van der Waals surface area contributed by atoms with Crippen LogP contribution in [-0.2, 0) is 14.3 Å². The van der Waals surface area contributed by atoms with Gasteiger partial charge in [-0.3, -0.25) is 10.1 Å². The van der Waals surface area contributed by atoms with Crippen LogP contribution in [0.25, 0.3) is 11.1 Å². The van der Waals surface area contributed by atoms with Gasteiger partial charge in [0.05, 0.1) is 18.1 Å². The van der Waals surface area contributed by atoms with E-state index in [1.54, 1.807) is 0 Å². The number of nitrogens with one attached hydrogen (secondary N) is 1. The number of aliphatic carboxylic acids is 1. The Balaban J connectivity index is 1.19. The third-order valence-electron chi connectivity index (χ3n) is 6.02. The molecule has 1 aromatic heterocycles. The first-order chi connectivity index (χ1) is 16.5. The number of furan rings is 1. The first-order valence-corrected chi connectivity index (χ1v) is 10.8. The average molecular weight is 462 g/mol. The van der Waals surface area contributed by atoms with E-state index in [-0.39, 0.29) is 43.2 Å². The molecule has 1 aliphatic heterocycles. The number of fused-ring (bicyclic) bond motifs is 3. The molecule has 1 aliphatic carbocycles.